The summed E-state index contributed by atoms with van der Waals surface area (Å²) in [7, 11) is 1.56. The third-order valence-corrected chi connectivity index (χ3v) is 3.07. The molecule has 0 heterocycles. The smallest absolute Gasteiger partial charge is 0.160 e. The van der Waals surface area contributed by atoms with Gasteiger partial charge in [-0.2, -0.15) is 0 Å². The van der Waals surface area contributed by atoms with Crippen LogP contribution in [0, 0.1) is 6.92 Å². The Bertz CT molecular complexity index is 515. The number of rotatable bonds is 4. The van der Waals surface area contributed by atoms with Gasteiger partial charge in [0.1, 0.15) is 0 Å². The number of aryl methyl sites for hydroxylation is 3. The van der Waals surface area contributed by atoms with Gasteiger partial charge in [0.15, 0.2) is 11.5 Å². The van der Waals surface area contributed by atoms with E-state index < -0.39 is 0 Å². The molecule has 0 aliphatic heterocycles. The van der Waals surface area contributed by atoms with Gasteiger partial charge in [-0.1, -0.05) is 35.9 Å². The number of methoxy groups -OCH3 is 1. The zero-order chi connectivity index (χ0) is 13.0. The molecule has 2 aromatic carbocycles. The molecule has 0 saturated carbocycles. The van der Waals surface area contributed by atoms with Crippen molar-refractivity contribution in [3.8, 4) is 11.5 Å². The van der Waals surface area contributed by atoms with Gasteiger partial charge in [-0.15, -0.1) is 0 Å². The van der Waals surface area contributed by atoms with Crippen molar-refractivity contribution in [1.82, 2.24) is 0 Å². The molecule has 0 aliphatic carbocycles. The van der Waals surface area contributed by atoms with Crippen molar-refractivity contribution in [1.29, 1.82) is 0 Å². The van der Waals surface area contributed by atoms with Crippen LogP contribution in [0.15, 0.2) is 42.5 Å². The molecule has 18 heavy (non-hydrogen) atoms. The maximum Gasteiger partial charge on any atom is 0.160 e. The highest BCUT2D eigenvalue weighted by Gasteiger charge is 2.02. The van der Waals surface area contributed by atoms with Gasteiger partial charge in [-0.25, -0.2) is 0 Å². The van der Waals surface area contributed by atoms with Crippen LogP contribution < -0.4 is 4.74 Å². The normalized spacial score (nSPS) is 10.3. The molecule has 0 amide bonds. The number of aromatic hydroxyl groups is 1. The van der Waals surface area contributed by atoms with E-state index in [4.69, 9.17) is 4.74 Å². The van der Waals surface area contributed by atoms with Gasteiger partial charge in [0.2, 0.25) is 0 Å². The first-order chi connectivity index (χ1) is 8.69. The second kappa shape index (κ2) is 5.58. The van der Waals surface area contributed by atoms with Crippen molar-refractivity contribution in [3.63, 3.8) is 0 Å². The second-order valence-electron chi connectivity index (χ2n) is 4.49. The Morgan fingerprint density at radius 1 is 0.944 bits per heavy atom. The van der Waals surface area contributed by atoms with Gasteiger partial charge in [0.25, 0.3) is 0 Å². The summed E-state index contributed by atoms with van der Waals surface area (Å²) in [5.41, 5.74) is 3.71. The van der Waals surface area contributed by atoms with Crippen molar-refractivity contribution in [2.24, 2.45) is 0 Å². The molecule has 0 spiro atoms. The molecule has 0 fully saturated rings. The molecule has 0 aromatic heterocycles. The fourth-order valence-electron chi connectivity index (χ4n) is 1.93. The zero-order valence-electron chi connectivity index (χ0n) is 10.8. The molecular formula is C16H18O2. The van der Waals surface area contributed by atoms with Crippen LogP contribution in [0.3, 0.4) is 0 Å². The second-order valence-corrected chi connectivity index (χ2v) is 4.49. The van der Waals surface area contributed by atoms with E-state index in [1.807, 2.05) is 6.07 Å². The predicted molar refractivity (Wildman–Crippen MR) is 73.2 cm³/mol. The molecule has 0 atom stereocenters. The van der Waals surface area contributed by atoms with E-state index in [2.05, 4.69) is 31.2 Å². The Balaban J connectivity index is 2.02. The van der Waals surface area contributed by atoms with Crippen molar-refractivity contribution in [2.45, 2.75) is 19.8 Å². The van der Waals surface area contributed by atoms with Gasteiger partial charge in [-0.3, -0.25) is 0 Å². The number of benzene rings is 2. The lowest BCUT2D eigenvalue weighted by Crippen LogP contribution is -1.92. The van der Waals surface area contributed by atoms with Crippen molar-refractivity contribution >= 4 is 0 Å². The van der Waals surface area contributed by atoms with E-state index in [9.17, 15) is 5.11 Å². The van der Waals surface area contributed by atoms with Crippen LogP contribution in [-0.4, -0.2) is 12.2 Å². The van der Waals surface area contributed by atoms with Crippen molar-refractivity contribution in [2.75, 3.05) is 7.11 Å². The lowest BCUT2D eigenvalue weighted by atomic mass is 10.0. The fraction of sp³-hybridized carbons (Fsp3) is 0.250. The Morgan fingerprint density at radius 3 is 2.17 bits per heavy atom. The Hall–Kier alpha value is -1.96. The third-order valence-electron chi connectivity index (χ3n) is 3.07. The van der Waals surface area contributed by atoms with E-state index in [0.717, 1.165) is 18.4 Å². The molecule has 0 bridgehead atoms. The molecule has 0 aliphatic rings. The highest BCUT2D eigenvalue weighted by atomic mass is 16.5. The first-order valence-corrected chi connectivity index (χ1v) is 6.10. The fourth-order valence-corrected chi connectivity index (χ4v) is 1.93. The highest BCUT2D eigenvalue weighted by Crippen LogP contribution is 2.26. The minimum Gasteiger partial charge on any atom is -0.504 e. The monoisotopic (exact) mass is 242 g/mol. The Morgan fingerprint density at radius 2 is 1.56 bits per heavy atom. The molecule has 0 radical (unpaired) electrons. The minimum atomic E-state index is 0.207. The summed E-state index contributed by atoms with van der Waals surface area (Å²) in [6.07, 6.45) is 1.90. The first kappa shape index (κ1) is 12.5. The van der Waals surface area contributed by atoms with Gasteiger partial charge in [0, 0.05) is 0 Å². The van der Waals surface area contributed by atoms with E-state index in [-0.39, 0.29) is 5.75 Å². The molecule has 2 aromatic rings. The molecule has 2 heteroatoms. The van der Waals surface area contributed by atoms with Crippen LogP contribution in [-0.2, 0) is 12.8 Å². The lowest BCUT2D eigenvalue weighted by Gasteiger charge is -2.06. The summed E-state index contributed by atoms with van der Waals surface area (Å²) < 4.78 is 5.03. The van der Waals surface area contributed by atoms with Crippen LogP contribution >= 0.6 is 0 Å². The number of hydrogen-bond acceptors (Lipinski definition) is 2. The van der Waals surface area contributed by atoms with Gasteiger partial charge in [0.05, 0.1) is 7.11 Å². The number of hydrogen-bond donors (Lipinski definition) is 1. The molecule has 1 N–H and O–H groups in total. The van der Waals surface area contributed by atoms with Crippen molar-refractivity contribution < 1.29 is 9.84 Å². The zero-order valence-corrected chi connectivity index (χ0v) is 10.8. The Labute approximate surface area is 108 Å². The van der Waals surface area contributed by atoms with Crippen LogP contribution in [0.2, 0.25) is 0 Å². The third kappa shape index (κ3) is 3.04. The topological polar surface area (TPSA) is 29.5 Å². The molecule has 2 rings (SSSR count). The maximum absolute atomic E-state index is 9.70. The average Bonchev–Trinajstić information content (AvgIpc) is 2.38. The molecular weight excluding hydrogens is 224 g/mol. The van der Waals surface area contributed by atoms with Gasteiger partial charge in [-0.05, 0) is 43.0 Å². The molecule has 0 saturated heterocycles. The average molecular weight is 242 g/mol. The van der Waals surface area contributed by atoms with Gasteiger partial charge < -0.3 is 9.84 Å². The maximum atomic E-state index is 9.70. The van der Waals surface area contributed by atoms with E-state index in [1.54, 1.807) is 19.2 Å². The first-order valence-electron chi connectivity index (χ1n) is 6.10. The summed E-state index contributed by atoms with van der Waals surface area (Å²) >= 11 is 0. The summed E-state index contributed by atoms with van der Waals surface area (Å²) in [4.78, 5) is 0. The van der Waals surface area contributed by atoms with Crippen molar-refractivity contribution in [3.05, 3.63) is 59.2 Å². The van der Waals surface area contributed by atoms with Crippen LogP contribution in [0.5, 0.6) is 11.5 Å². The van der Waals surface area contributed by atoms with Crippen LogP contribution in [0.25, 0.3) is 0 Å². The predicted octanol–water partition coefficient (Wildman–Crippen LogP) is 3.49. The SMILES string of the molecule is COc1ccc(CCc2ccc(C)cc2)cc1O. The quantitative estimate of drug-likeness (QED) is 0.889. The number of ether oxygens (including phenoxy) is 1. The van der Waals surface area contributed by atoms with E-state index >= 15 is 0 Å². The minimum absolute atomic E-state index is 0.207. The molecule has 0 unspecified atom stereocenters. The highest BCUT2D eigenvalue weighted by molar-refractivity contribution is 5.41. The number of phenolic OH excluding ortho intramolecular Hbond substituents is 1. The summed E-state index contributed by atoms with van der Waals surface area (Å²) in [6, 6.07) is 14.1. The number of phenols is 1. The van der Waals surface area contributed by atoms with Gasteiger partial charge >= 0.3 is 0 Å². The largest absolute Gasteiger partial charge is 0.504 e. The summed E-state index contributed by atoms with van der Waals surface area (Å²) in [5.74, 6) is 0.730. The standard InChI is InChI=1S/C16H18O2/c1-12-3-5-13(6-4-12)7-8-14-9-10-16(18-2)15(17)11-14/h3-6,9-11,17H,7-8H2,1-2H3. The molecule has 2 nitrogen and oxygen atoms in total. The van der Waals surface area contributed by atoms with E-state index in [1.165, 1.54) is 11.1 Å². The van der Waals surface area contributed by atoms with E-state index in [0.29, 0.717) is 5.75 Å². The Kier molecular flexibility index (Phi) is 3.88. The lowest BCUT2D eigenvalue weighted by molar-refractivity contribution is 0.373. The summed E-state index contributed by atoms with van der Waals surface area (Å²) in [6.45, 7) is 2.09. The summed E-state index contributed by atoms with van der Waals surface area (Å²) in [5, 5.41) is 9.70. The van der Waals surface area contributed by atoms with Crippen LogP contribution in [0.1, 0.15) is 16.7 Å². The molecule has 94 valence electrons. The van der Waals surface area contributed by atoms with Crippen LogP contribution in [0.4, 0.5) is 0 Å².